The van der Waals surface area contributed by atoms with E-state index in [4.69, 9.17) is 5.11 Å². The quantitative estimate of drug-likeness (QED) is 0.751. The molecule has 0 bridgehead atoms. The van der Waals surface area contributed by atoms with E-state index in [0.717, 1.165) is 32.4 Å². The molecular formula is C17H27NO2. The molecule has 1 aromatic carbocycles. The van der Waals surface area contributed by atoms with Crippen LogP contribution in [0.2, 0.25) is 0 Å². The number of carboxylic acid groups (broad SMARTS) is 1. The van der Waals surface area contributed by atoms with Crippen LogP contribution in [0.5, 0.6) is 0 Å². The lowest BCUT2D eigenvalue weighted by Crippen LogP contribution is -2.39. The summed E-state index contributed by atoms with van der Waals surface area (Å²) < 4.78 is 0. The number of hydrogen-bond acceptors (Lipinski definition) is 2. The van der Waals surface area contributed by atoms with Crippen molar-refractivity contribution >= 4 is 5.97 Å². The van der Waals surface area contributed by atoms with Crippen LogP contribution in [0.15, 0.2) is 24.3 Å². The zero-order valence-corrected chi connectivity index (χ0v) is 12.9. The van der Waals surface area contributed by atoms with Gasteiger partial charge in [-0.05, 0) is 44.8 Å². The highest BCUT2D eigenvalue weighted by Gasteiger charge is 2.20. The van der Waals surface area contributed by atoms with Crippen molar-refractivity contribution in [3.63, 3.8) is 0 Å². The lowest BCUT2D eigenvalue weighted by atomic mass is 10.0. The van der Waals surface area contributed by atoms with E-state index in [1.807, 2.05) is 0 Å². The van der Waals surface area contributed by atoms with Gasteiger partial charge in [-0.2, -0.15) is 0 Å². The van der Waals surface area contributed by atoms with Crippen LogP contribution < -0.4 is 0 Å². The second-order valence-electron chi connectivity index (χ2n) is 5.48. The third-order valence-electron chi connectivity index (χ3n) is 3.54. The van der Waals surface area contributed by atoms with Crippen LogP contribution in [-0.4, -0.2) is 35.1 Å². The molecule has 0 aromatic heterocycles. The van der Waals surface area contributed by atoms with Crippen molar-refractivity contribution in [2.75, 3.05) is 13.1 Å². The minimum absolute atomic E-state index is 0.0927. The molecule has 1 rings (SSSR count). The summed E-state index contributed by atoms with van der Waals surface area (Å²) in [7, 11) is 0. The molecule has 0 heterocycles. The van der Waals surface area contributed by atoms with E-state index < -0.39 is 5.97 Å². The van der Waals surface area contributed by atoms with Crippen LogP contribution in [0.3, 0.4) is 0 Å². The van der Waals surface area contributed by atoms with Crippen LogP contribution >= 0.6 is 0 Å². The molecule has 0 aliphatic carbocycles. The van der Waals surface area contributed by atoms with Crippen molar-refractivity contribution in [2.45, 2.75) is 52.5 Å². The average Bonchev–Trinajstić information content (AvgIpc) is 2.40. The first kappa shape index (κ1) is 16.7. The minimum atomic E-state index is -0.709. The van der Waals surface area contributed by atoms with Crippen LogP contribution in [0, 0.1) is 6.92 Å². The zero-order valence-electron chi connectivity index (χ0n) is 12.9. The molecule has 0 saturated heterocycles. The third kappa shape index (κ3) is 5.74. The summed E-state index contributed by atoms with van der Waals surface area (Å²) in [6, 6.07) is 8.50. The van der Waals surface area contributed by atoms with Gasteiger partial charge in [0.05, 0.1) is 6.42 Å². The maximum absolute atomic E-state index is 11.1. The molecule has 0 aliphatic heterocycles. The Bertz CT molecular complexity index is 394. The van der Waals surface area contributed by atoms with Crippen molar-refractivity contribution < 1.29 is 9.90 Å². The van der Waals surface area contributed by atoms with E-state index in [9.17, 15) is 4.79 Å². The molecule has 1 N–H and O–H groups in total. The molecule has 0 aliphatic rings. The second-order valence-corrected chi connectivity index (χ2v) is 5.48. The lowest BCUT2D eigenvalue weighted by molar-refractivity contribution is -0.138. The fourth-order valence-corrected chi connectivity index (χ4v) is 2.58. The van der Waals surface area contributed by atoms with Gasteiger partial charge < -0.3 is 5.11 Å². The first-order valence-electron chi connectivity index (χ1n) is 7.58. The van der Waals surface area contributed by atoms with Crippen molar-refractivity contribution in [3.05, 3.63) is 35.4 Å². The van der Waals surface area contributed by atoms with E-state index in [0.29, 0.717) is 0 Å². The Balaban J connectivity index is 2.80. The summed E-state index contributed by atoms with van der Waals surface area (Å²) in [5.74, 6) is -0.709. The van der Waals surface area contributed by atoms with Gasteiger partial charge in [-0.25, -0.2) is 0 Å². The van der Waals surface area contributed by atoms with E-state index >= 15 is 0 Å². The molecule has 1 atom stereocenters. The van der Waals surface area contributed by atoms with Crippen molar-refractivity contribution in [3.8, 4) is 0 Å². The van der Waals surface area contributed by atoms with Gasteiger partial charge in [0.2, 0.25) is 0 Å². The zero-order chi connectivity index (χ0) is 15.0. The van der Waals surface area contributed by atoms with Gasteiger partial charge in [0.15, 0.2) is 0 Å². The fourth-order valence-electron chi connectivity index (χ4n) is 2.58. The molecule has 0 saturated carbocycles. The van der Waals surface area contributed by atoms with Crippen molar-refractivity contribution in [1.29, 1.82) is 0 Å². The summed E-state index contributed by atoms with van der Waals surface area (Å²) >= 11 is 0. The Morgan fingerprint density at radius 3 is 2.15 bits per heavy atom. The third-order valence-corrected chi connectivity index (χ3v) is 3.54. The monoisotopic (exact) mass is 277 g/mol. The predicted octanol–water partition coefficient (Wildman–Crippen LogP) is 3.50. The number of carboxylic acids is 1. The Morgan fingerprint density at radius 1 is 1.15 bits per heavy atom. The van der Waals surface area contributed by atoms with Crippen molar-refractivity contribution in [2.24, 2.45) is 0 Å². The summed E-state index contributed by atoms with van der Waals surface area (Å²) in [4.78, 5) is 13.5. The predicted molar refractivity (Wildman–Crippen MR) is 83.1 cm³/mol. The Kier molecular flexibility index (Phi) is 7.31. The second kappa shape index (κ2) is 8.75. The van der Waals surface area contributed by atoms with Gasteiger partial charge in [0, 0.05) is 6.04 Å². The number of aryl methyl sites for hydroxylation is 1. The first-order valence-corrected chi connectivity index (χ1v) is 7.58. The summed E-state index contributed by atoms with van der Waals surface area (Å²) in [6.07, 6.45) is 3.15. The van der Waals surface area contributed by atoms with Gasteiger partial charge in [0.25, 0.3) is 0 Å². The van der Waals surface area contributed by atoms with E-state index in [1.54, 1.807) is 0 Å². The molecule has 0 spiro atoms. The molecule has 1 unspecified atom stereocenters. The molecule has 0 amide bonds. The van der Waals surface area contributed by atoms with Gasteiger partial charge in [-0.3, -0.25) is 9.69 Å². The maximum atomic E-state index is 11.1. The van der Waals surface area contributed by atoms with Crippen LogP contribution in [-0.2, 0) is 11.2 Å². The highest BCUT2D eigenvalue weighted by Crippen LogP contribution is 2.14. The largest absolute Gasteiger partial charge is 0.481 e. The number of benzene rings is 1. The first-order chi connectivity index (χ1) is 9.56. The summed E-state index contributed by atoms with van der Waals surface area (Å²) in [6.45, 7) is 8.30. The molecule has 3 heteroatoms. The van der Waals surface area contributed by atoms with Crippen LogP contribution in [0.1, 0.15) is 44.2 Å². The Labute approximate surface area is 122 Å². The number of carbonyl (C=O) groups is 1. The SMILES string of the molecule is CCCN(CCC)C(CC(=O)O)Cc1ccc(C)cc1. The topological polar surface area (TPSA) is 40.5 Å². The maximum Gasteiger partial charge on any atom is 0.304 e. The standard InChI is InChI=1S/C17H27NO2/c1-4-10-18(11-5-2)16(13-17(19)20)12-15-8-6-14(3)7-9-15/h6-9,16H,4-5,10-13H2,1-3H3,(H,19,20). The lowest BCUT2D eigenvalue weighted by Gasteiger charge is -2.30. The van der Waals surface area contributed by atoms with Crippen LogP contribution in [0.25, 0.3) is 0 Å². The Hall–Kier alpha value is -1.35. The van der Waals surface area contributed by atoms with E-state index in [1.165, 1.54) is 11.1 Å². The molecule has 112 valence electrons. The van der Waals surface area contributed by atoms with Gasteiger partial charge >= 0.3 is 5.97 Å². The number of rotatable bonds is 9. The summed E-state index contributed by atoms with van der Waals surface area (Å²) in [5.41, 5.74) is 2.46. The number of aliphatic carboxylic acids is 1. The Morgan fingerprint density at radius 2 is 1.70 bits per heavy atom. The molecular weight excluding hydrogens is 250 g/mol. The molecule has 1 aromatic rings. The van der Waals surface area contributed by atoms with E-state index in [2.05, 4.69) is 49.9 Å². The van der Waals surface area contributed by atoms with E-state index in [-0.39, 0.29) is 12.5 Å². The van der Waals surface area contributed by atoms with Gasteiger partial charge in [-0.15, -0.1) is 0 Å². The molecule has 0 radical (unpaired) electrons. The summed E-state index contributed by atoms with van der Waals surface area (Å²) in [5, 5.41) is 9.16. The highest BCUT2D eigenvalue weighted by molar-refractivity contribution is 5.67. The highest BCUT2D eigenvalue weighted by atomic mass is 16.4. The van der Waals surface area contributed by atoms with Crippen molar-refractivity contribution in [1.82, 2.24) is 4.90 Å². The fraction of sp³-hybridized carbons (Fsp3) is 0.588. The van der Waals surface area contributed by atoms with Gasteiger partial charge in [-0.1, -0.05) is 43.7 Å². The molecule has 3 nitrogen and oxygen atoms in total. The van der Waals surface area contributed by atoms with Crippen LogP contribution in [0.4, 0.5) is 0 Å². The number of nitrogens with zero attached hydrogens (tertiary/aromatic N) is 1. The molecule has 20 heavy (non-hydrogen) atoms. The normalized spacial score (nSPS) is 12.6. The molecule has 0 fully saturated rings. The minimum Gasteiger partial charge on any atom is -0.481 e. The average molecular weight is 277 g/mol. The smallest absolute Gasteiger partial charge is 0.304 e. The van der Waals surface area contributed by atoms with Gasteiger partial charge in [0.1, 0.15) is 0 Å². The number of hydrogen-bond donors (Lipinski definition) is 1.